The average molecular weight is 312 g/mol. The zero-order valence-corrected chi connectivity index (χ0v) is 11.5. The Morgan fingerprint density at radius 1 is 1.50 bits per heavy atom. The van der Waals surface area contributed by atoms with Crippen molar-refractivity contribution in [3.8, 4) is 0 Å². The van der Waals surface area contributed by atoms with E-state index in [-0.39, 0.29) is 6.42 Å². The maximum atomic E-state index is 11.9. The predicted molar refractivity (Wildman–Crippen MR) is 72.5 cm³/mol. The summed E-state index contributed by atoms with van der Waals surface area (Å²) in [5.74, 6) is -1.48. The van der Waals surface area contributed by atoms with Crippen molar-refractivity contribution in [3.05, 3.63) is 46.5 Å². The van der Waals surface area contributed by atoms with Gasteiger partial charge in [0.15, 0.2) is 0 Å². The third kappa shape index (κ3) is 4.33. The Morgan fingerprint density at radius 2 is 2.17 bits per heavy atom. The van der Waals surface area contributed by atoms with Crippen molar-refractivity contribution in [2.75, 3.05) is 0 Å². The lowest BCUT2D eigenvalue weighted by Crippen LogP contribution is -2.40. The summed E-state index contributed by atoms with van der Waals surface area (Å²) in [5.41, 5.74) is 1.12. The normalized spacial score (nSPS) is 11.7. The van der Waals surface area contributed by atoms with Crippen molar-refractivity contribution in [1.82, 2.24) is 5.32 Å². The summed E-state index contributed by atoms with van der Waals surface area (Å²) in [7, 11) is 0. The second kappa shape index (κ2) is 6.35. The van der Waals surface area contributed by atoms with E-state index in [1.165, 1.54) is 0 Å². The first-order valence-electron chi connectivity index (χ1n) is 5.33. The first-order chi connectivity index (χ1) is 8.40. The van der Waals surface area contributed by atoms with Gasteiger partial charge >= 0.3 is 5.97 Å². The fraction of sp³-hybridized carbons (Fsp3) is 0.231. The van der Waals surface area contributed by atoms with Gasteiger partial charge in [0.25, 0.3) is 5.91 Å². The molecule has 0 bridgehead atoms. The van der Waals surface area contributed by atoms with Crippen LogP contribution in [0.25, 0.3) is 0 Å². The molecule has 5 heteroatoms. The van der Waals surface area contributed by atoms with Crippen molar-refractivity contribution in [2.45, 2.75) is 19.4 Å². The molecule has 0 saturated heterocycles. The van der Waals surface area contributed by atoms with E-state index in [0.29, 0.717) is 11.1 Å². The molecule has 18 heavy (non-hydrogen) atoms. The molecule has 2 N–H and O–H groups in total. The van der Waals surface area contributed by atoms with E-state index in [4.69, 9.17) is 5.11 Å². The SMILES string of the molecule is C=C(C)C[C@@H](NC(=O)c1cccc(Br)c1)C(=O)O. The van der Waals surface area contributed by atoms with Crippen LogP contribution in [0.2, 0.25) is 0 Å². The molecular weight excluding hydrogens is 298 g/mol. The summed E-state index contributed by atoms with van der Waals surface area (Å²) < 4.78 is 0.766. The Balaban J connectivity index is 2.78. The van der Waals surface area contributed by atoms with Crippen molar-refractivity contribution >= 4 is 27.8 Å². The van der Waals surface area contributed by atoms with E-state index < -0.39 is 17.9 Å². The molecule has 0 spiro atoms. The maximum Gasteiger partial charge on any atom is 0.326 e. The van der Waals surface area contributed by atoms with Gasteiger partial charge in [-0.25, -0.2) is 4.79 Å². The van der Waals surface area contributed by atoms with E-state index in [1.807, 2.05) is 0 Å². The highest BCUT2D eigenvalue weighted by molar-refractivity contribution is 9.10. The number of benzene rings is 1. The van der Waals surface area contributed by atoms with Crippen LogP contribution in [0.15, 0.2) is 40.9 Å². The second-order valence-corrected chi connectivity index (χ2v) is 4.95. The molecule has 0 aromatic heterocycles. The fourth-order valence-corrected chi connectivity index (χ4v) is 1.82. The molecule has 0 aliphatic carbocycles. The summed E-state index contributed by atoms with van der Waals surface area (Å²) in [6.07, 6.45) is 0.217. The Morgan fingerprint density at radius 3 is 2.67 bits per heavy atom. The van der Waals surface area contributed by atoms with Crippen LogP contribution in [-0.4, -0.2) is 23.0 Å². The van der Waals surface area contributed by atoms with Gasteiger partial charge in [-0.05, 0) is 31.5 Å². The number of carboxylic acids is 1. The van der Waals surface area contributed by atoms with Crippen molar-refractivity contribution in [3.63, 3.8) is 0 Å². The molecule has 0 radical (unpaired) electrons. The number of aliphatic carboxylic acids is 1. The standard InChI is InChI=1S/C13H14BrNO3/c1-8(2)6-11(13(17)18)15-12(16)9-4-3-5-10(14)7-9/h3-5,7,11H,1,6H2,2H3,(H,15,16)(H,17,18)/t11-/m1/s1. The molecule has 0 aliphatic rings. The number of halogens is 1. The molecule has 1 aromatic carbocycles. The van der Waals surface area contributed by atoms with E-state index >= 15 is 0 Å². The number of nitrogens with one attached hydrogen (secondary N) is 1. The molecule has 4 nitrogen and oxygen atoms in total. The van der Waals surface area contributed by atoms with Gasteiger partial charge in [0.2, 0.25) is 0 Å². The van der Waals surface area contributed by atoms with Gasteiger partial charge in [0.05, 0.1) is 0 Å². The maximum absolute atomic E-state index is 11.9. The Kier molecular flexibility index (Phi) is 5.09. The van der Waals surface area contributed by atoms with Crippen molar-refractivity contribution < 1.29 is 14.7 Å². The number of carbonyl (C=O) groups excluding carboxylic acids is 1. The molecule has 0 fully saturated rings. The minimum Gasteiger partial charge on any atom is -0.480 e. The van der Waals surface area contributed by atoms with Crippen LogP contribution in [0, 0.1) is 0 Å². The molecule has 0 aliphatic heterocycles. The highest BCUT2D eigenvalue weighted by Crippen LogP contribution is 2.12. The minimum atomic E-state index is -1.07. The molecule has 1 atom stereocenters. The van der Waals surface area contributed by atoms with Crippen molar-refractivity contribution in [1.29, 1.82) is 0 Å². The van der Waals surface area contributed by atoms with Crippen molar-refractivity contribution in [2.24, 2.45) is 0 Å². The molecule has 1 rings (SSSR count). The Labute approximate surface area is 114 Å². The number of carboxylic acid groups (broad SMARTS) is 1. The smallest absolute Gasteiger partial charge is 0.326 e. The zero-order valence-electron chi connectivity index (χ0n) is 9.94. The van der Waals surface area contributed by atoms with Crippen LogP contribution in [-0.2, 0) is 4.79 Å². The molecule has 0 unspecified atom stereocenters. The monoisotopic (exact) mass is 311 g/mol. The summed E-state index contributed by atoms with van der Waals surface area (Å²) in [6, 6.07) is 5.82. The van der Waals surface area contributed by atoms with Gasteiger partial charge in [-0.2, -0.15) is 0 Å². The van der Waals surface area contributed by atoms with Crippen LogP contribution >= 0.6 is 15.9 Å². The molecular formula is C13H14BrNO3. The van der Waals surface area contributed by atoms with Gasteiger partial charge in [-0.15, -0.1) is 6.58 Å². The molecule has 1 amide bonds. The third-order valence-corrected chi connectivity index (χ3v) is 2.74. The van der Waals surface area contributed by atoms with E-state index in [9.17, 15) is 9.59 Å². The van der Waals surface area contributed by atoms with Crippen LogP contribution in [0.1, 0.15) is 23.7 Å². The van der Waals surface area contributed by atoms with Crippen LogP contribution in [0.5, 0.6) is 0 Å². The number of hydrogen-bond donors (Lipinski definition) is 2. The van der Waals surface area contributed by atoms with E-state index in [2.05, 4.69) is 27.8 Å². The fourth-order valence-electron chi connectivity index (χ4n) is 1.42. The summed E-state index contributed by atoms with van der Waals surface area (Å²) in [5, 5.41) is 11.5. The number of amides is 1. The quantitative estimate of drug-likeness (QED) is 0.821. The Hall–Kier alpha value is -1.62. The lowest BCUT2D eigenvalue weighted by atomic mass is 10.1. The summed E-state index contributed by atoms with van der Waals surface area (Å²) in [4.78, 5) is 22.9. The van der Waals surface area contributed by atoms with Gasteiger partial charge in [-0.3, -0.25) is 4.79 Å². The Bertz CT molecular complexity index is 485. The second-order valence-electron chi connectivity index (χ2n) is 4.04. The average Bonchev–Trinajstić information content (AvgIpc) is 2.27. The van der Waals surface area contributed by atoms with Gasteiger partial charge in [0, 0.05) is 10.0 Å². The van der Waals surface area contributed by atoms with Gasteiger partial charge in [0.1, 0.15) is 6.04 Å². The zero-order chi connectivity index (χ0) is 13.7. The van der Waals surface area contributed by atoms with Crippen LogP contribution in [0.4, 0.5) is 0 Å². The molecule has 0 saturated carbocycles. The van der Waals surface area contributed by atoms with E-state index in [0.717, 1.165) is 4.47 Å². The molecule has 0 heterocycles. The largest absolute Gasteiger partial charge is 0.480 e. The first-order valence-corrected chi connectivity index (χ1v) is 6.13. The van der Waals surface area contributed by atoms with Crippen LogP contribution < -0.4 is 5.32 Å². The lowest BCUT2D eigenvalue weighted by Gasteiger charge is -2.14. The molecule has 1 aromatic rings. The number of carbonyl (C=O) groups is 2. The first kappa shape index (κ1) is 14.4. The van der Waals surface area contributed by atoms with Gasteiger partial charge < -0.3 is 10.4 Å². The number of hydrogen-bond acceptors (Lipinski definition) is 2. The minimum absolute atomic E-state index is 0.217. The highest BCUT2D eigenvalue weighted by Gasteiger charge is 2.20. The van der Waals surface area contributed by atoms with E-state index in [1.54, 1.807) is 31.2 Å². The lowest BCUT2D eigenvalue weighted by molar-refractivity contribution is -0.139. The number of rotatable bonds is 5. The molecule has 96 valence electrons. The van der Waals surface area contributed by atoms with Crippen LogP contribution in [0.3, 0.4) is 0 Å². The topological polar surface area (TPSA) is 66.4 Å². The predicted octanol–water partition coefficient (Wildman–Crippen LogP) is 2.60. The summed E-state index contributed by atoms with van der Waals surface area (Å²) in [6.45, 7) is 5.37. The van der Waals surface area contributed by atoms with Gasteiger partial charge in [-0.1, -0.05) is 27.6 Å². The summed E-state index contributed by atoms with van der Waals surface area (Å²) >= 11 is 3.26. The third-order valence-electron chi connectivity index (χ3n) is 2.24. The highest BCUT2D eigenvalue weighted by atomic mass is 79.9.